The van der Waals surface area contributed by atoms with Crippen LogP contribution in [0.3, 0.4) is 0 Å². The highest BCUT2D eigenvalue weighted by molar-refractivity contribution is 5.96. The lowest BCUT2D eigenvalue weighted by atomic mass is 9.93. The number of halogens is 1. The Labute approximate surface area is 180 Å². The van der Waals surface area contributed by atoms with Crippen LogP contribution < -0.4 is 19.7 Å². The number of hydrogen-bond donors (Lipinski definition) is 1. The first kappa shape index (κ1) is 21.0. The van der Waals surface area contributed by atoms with E-state index in [0.29, 0.717) is 36.7 Å². The van der Waals surface area contributed by atoms with Crippen LogP contribution in [0.5, 0.6) is 11.5 Å². The third kappa shape index (κ3) is 4.02. The van der Waals surface area contributed by atoms with Crippen molar-refractivity contribution in [1.82, 2.24) is 10.2 Å². The highest BCUT2D eigenvalue weighted by atomic mass is 19.1. The van der Waals surface area contributed by atoms with Gasteiger partial charge < -0.3 is 24.6 Å². The quantitative estimate of drug-likeness (QED) is 0.813. The van der Waals surface area contributed by atoms with Gasteiger partial charge in [-0.1, -0.05) is 6.07 Å². The van der Waals surface area contributed by atoms with E-state index in [2.05, 4.69) is 5.32 Å². The first-order valence-electron chi connectivity index (χ1n) is 10.3. The lowest BCUT2D eigenvalue weighted by Crippen LogP contribution is -2.48. The van der Waals surface area contributed by atoms with Crippen LogP contribution in [-0.4, -0.2) is 50.2 Å². The normalized spacial score (nSPS) is 20.5. The number of ether oxygens (including phenoxy) is 2. The van der Waals surface area contributed by atoms with E-state index in [-0.39, 0.29) is 30.4 Å². The summed E-state index contributed by atoms with van der Waals surface area (Å²) in [7, 11) is 3.19. The van der Waals surface area contributed by atoms with E-state index in [9.17, 15) is 14.0 Å². The number of anilines is 1. The first-order valence-corrected chi connectivity index (χ1v) is 10.3. The molecule has 3 amide bonds. The summed E-state index contributed by atoms with van der Waals surface area (Å²) in [6, 6.07) is 9.11. The number of rotatable bonds is 4. The van der Waals surface area contributed by atoms with Crippen LogP contribution >= 0.6 is 0 Å². The summed E-state index contributed by atoms with van der Waals surface area (Å²) in [4.78, 5) is 28.7. The smallest absolute Gasteiger partial charge is 0.318 e. The van der Waals surface area contributed by atoms with Gasteiger partial charge in [-0.25, -0.2) is 9.18 Å². The highest BCUT2D eigenvalue weighted by Crippen LogP contribution is 2.38. The van der Waals surface area contributed by atoms with Gasteiger partial charge in [0.25, 0.3) is 0 Å². The van der Waals surface area contributed by atoms with Crippen molar-refractivity contribution in [3.63, 3.8) is 0 Å². The van der Waals surface area contributed by atoms with Gasteiger partial charge in [0.1, 0.15) is 5.82 Å². The Hall–Kier alpha value is -3.29. The van der Waals surface area contributed by atoms with Crippen LogP contribution in [0.1, 0.15) is 30.5 Å². The minimum absolute atomic E-state index is 0.134. The molecular formula is C23H26FN3O4. The molecule has 8 heteroatoms. The van der Waals surface area contributed by atoms with Crippen molar-refractivity contribution >= 4 is 17.6 Å². The molecule has 4 rings (SSSR count). The van der Waals surface area contributed by atoms with Crippen molar-refractivity contribution in [1.29, 1.82) is 0 Å². The zero-order valence-electron chi connectivity index (χ0n) is 17.9. The molecular weight excluding hydrogens is 401 g/mol. The molecule has 0 radical (unpaired) electrons. The molecule has 7 nitrogen and oxygen atoms in total. The van der Waals surface area contributed by atoms with Crippen LogP contribution in [0.15, 0.2) is 36.4 Å². The number of nitrogens with one attached hydrogen (secondary N) is 1. The van der Waals surface area contributed by atoms with Crippen molar-refractivity contribution in [2.24, 2.45) is 0 Å². The third-order valence-electron chi connectivity index (χ3n) is 6.02. The predicted molar refractivity (Wildman–Crippen MR) is 114 cm³/mol. The number of methoxy groups -OCH3 is 2. The molecule has 0 aliphatic carbocycles. The average molecular weight is 427 g/mol. The van der Waals surface area contributed by atoms with Gasteiger partial charge in [0.2, 0.25) is 5.91 Å². The Morgan fingerprint density at radius 1 is 1.16 bits per heavy atom. The third-order valence-corrected chi connectivity index (χ3v) is 6.02. The van der Waals surface area contributed by atoms with Gasteiger partial charge in [-0.15, -0.1) is 0 Å². The summed E-state index contributed by atoms with van der Waals surface area (Å²) in [6.07, 6.45) is 0.887. The maximum Gasteiger partial charge on any atom is 0.318 e. The largest absolute Gasteiger partial charge is 0.493 e. The van der Waals surface area contributed by atoms with Gasteiger partial charge in [0.15, 0.2) is 11.5 Å². The maximum absolute atomic E-state index is 13.5. The molecule has 2 atom stereocenters. The maximum atomic E-state index is 13.5. The summed E-state index contributed by atoms with van der Waals surface area (Å²) in [5, 5.41) is 2.98. The average Bonchev–Trinajstić information content (AvgIpc) is 3.12. The number of amides is 3. The molecule has 2 heterocycles. The molecule has 2 aliphatic rings. The molecule has 0 bridgehead atoms. The fraction of sp³-hybridized carbons (Fsp3) is 0.391. The van der Waals surface area contributed by atoms with Crippen molar-refractivity contribution in [3.8, 4) is 11.5 Å². The van der Waals surface area contributed by atoms with E-state index in [4.69, 9.17) is 9.47 Å². The Morgan fingerprint density at radius 3 is 2.61 bits per heavy atom. The summed E-state index contributed by atoms with van der Waals surface area (Å²) in [5.41, 5.74) is 2.65. The van der Waals surface area contributed by atoms with Crippen LogP contribution in [0, 0.1) is 5.82 Å². The number of benzene rings is 2. The molecule has 1 N–H and O–H groups in total. The Kier molecular flexibility index (Phi) is 5.71. The second-order valence-electron chi connectivity index (χ2n) is 7.86. The molecule has 1 fully saturated rings. The summed E-state index contributed by atoms with van der Waals surface area (Å²) >= 11 is 0. The van der Waals surface area contributed by atoms with Crippen molar-refractivity contribution in [3.05, 3.63) is 53.3 Å². The predicted octanol–water partition coefficient (Wildman–Crippen LogP) is 3.28. The standard InChI is InChI=1S/C23H26FN3O4/c1-14-19-12-21(31-3)20(30-2)9-15(19)7-8-26(14)23(29)25-17-11-22(28)27(13-17)18-6-4-5-16(24)10-18/h4-6,9-10,12,14,17H,7-8,11,13H2,1-3H3,(H,25,29). The van der Waals surface area contributed by atoms with Gasteiger partial charge in [0, 0.05) is 25.2 Å². The van der Waals surface area contributed by atoms with E-state index in [1.807, 2.05) is 19.1 Å². The number of carbonyl (C=O) groups excluding carboxylic acids is 2. The van der Waals surface area contributed by atoms with Crippen LogP contribution in [0.25, 0.3) is 0 Å². The SMILES string of the molecule is COc1cc2c(cc1OC)C(C)N(C(=O)NC1CC(=O)N(c3cccc(F)c3)C1)CC2. The van der Waals surface area contributed by atoms with Gasteiger partial charge in [-0.3, -0.25) is 4.79 Å². The van der Waals surface area contributed by atoms with Crippen LogP contribution in [-0.2, 0) is 11.2 Å². The number of urea groups is 1. The zero-order valence-corrected chi connectivity index (χ0v) is 17.9. The van der Waals surface area contributed by atoms with E-state index >= 15 is 0 Å². The summed E-state index contributed by atoms with van der Waals surface area (Å²) < 4.78 is 24.3. The molecule has 2 aliphatic heterocycles. The zero-order chi connectivity index (χ0) is 22.1. The molecule has 164 valence electrons. The topological polar surface area (TPSA) is 71.1 Å². The van der Waals surface area contributed by atoms with E-state index in [1.165, 1.54) is 17.0 Å². The molecule has 0 aromatic heterocycles. The second-order valence-corrected chi connectivity index (χ2v) is 7.86. The molecule has 0 spiro atoms. The lowest BCUT2D eigenvalue weighted by molar-refractivity contribution is -0.117. The summed E-state index contributed by atoms with van der Waals surface area (Å²) in [5.74, 6) is 0.770. The lowest BCUT2D eigenvalue weighted by Gasteiger charge is -2.36. The minimum Gasteiger partial charge on any atom is -0.493 e. The Morgan fingerprint density at radius 2 is 1.90 bits per heavy atom. The fourth-order valence-electron chi connectivity index (χ4n) is 4.38. The number of fused-ring (bicyclic) bond motifs is 1. The molecule has 31 heavy (non-hydrogen) atoms. The molecule has 2 unspecified atom stereocenters. The van der Waals surface area contributed by atoms with Crippen molar-refractivity contribution < 1.29 is 23.5 Å². The van der Waals surface area contributed by atoms with Crippen molar-refractivity contribution in [2.75, 3.05) is 32.2 Å². The monoisotopic (exact) mass is 427 g/mol. The Balaban J connectivity index is 1.45. The highest BCUT2D eigenvalue weighted by Gasteiger charge is 2.35. The van der Waals surface area contributed by atoms with E-state index in [0.717, 1.165) is 11.1 Å². The van der Waals surface area contributed by atoms with E-state index in [1.54, 1.807) is 31.3 Å². The number of carbonyl (C=O) groups is 2. The van der Waals surface area contributed by atoms with Crippen molar-refractivity contribution in [2.45, 2.75) is 31.8 Å². The van der Waals surface area contributed by atoms with Gasteiger partial charge in [-0.2, -0.15) is 0 Å². The number of nitrogens with zero attached hydrogens (tertiary/aromatic N) is 2. The minimum atomic E-state index is -0.398. The van der Waals surface area contributed by atoms with Gasteiger partial charge in [0.05, 0.1) is 26.3 Å². The first-order chi connectivity index (χ1) is 14.9. The second kappa shape index (κ2) is 8.45. The van der Waals surface area contributed by atoms with Gasteiger partial charge >= 0.3 is 6.03 Å². The molecule has 0 saturated carbocycles. The molecule has 2 aromatic carbocycles. The molecule has 1 saturated heterocycles. The van der Waals surface area contributed by atoms with Crippen LogP contribution in [0.4, 0.5) is 14.9 Å². The van der Waals surface area contributed by atoms with Crippen LogP contribution in [0.2, 0.25) is 0 Å². The fourth-order valence-corrected chi connectivity index (χ4v) is 4.38. The summed E-state index contributed by atoms with van der Waals surface area (Å²) in [6.45, 7) is 2.85. The number of hydrogen-bond acceptors (Lipinski definition) is 4. The van der Waals surface area contributed by atoms with Gasteiger partial charge in [-0.05, 0) is 54.8 Å². The Bertz CT molecular complexity index is 1010. The molecule has 2 aromatic rings. The van der Waals surface area contributed by atoms with E-state index < -0.39 is 5.82 Å².